The third-order valence-corrected chi connectivity index (χ3v) is 2.37. The van der Waals surface area contributed by atoms with E-state index in [2.05, 4.69) is 5.32 Å². The minimum Gasteiger partial charge on any atom is -0.480 e. The van der Waals surface area contributed by atoms with Gasteiger partial charge in [-0.1, -0.05) is 30.3 Å². The first kappa shape index (κ1) is 15.1. The van der Waals surface area contributed by atoms with Crippen molar-refractivity contribution in [3.63, 3.8) is 0 Å². The van der Waals surface area contributed by atoms with E-state index in [1.807, 2.05) is 30.3 Å². The molecule has 5 nitrogen and oxygen atoms in total. The first-order valence-corrected chi connectivity index (χ1v) is 5.83. The van der Waals surface area contributed by atoms with Gasteiger partial charge in [0.05, 0.1) is 13.2 Å². The van der Waals surface area contributed by atoms with Gasteiger partial charge < -0.3 is 15.2 Å². The van der Waals surface area contributed by atoms with Gasteiger partial charge in [-0.3, -0.25) is 4.79 Å². The fourth-order valence-electron chi connectivity index (χ4n) is 1.36. The van der Waals surface area contributed by atoms with Crippen molar-refractivity contribution in [1.29, 1.82) is 0 Å². The summed E-state index contributed by atoms with van der Waals surface area (Å²) < 4.78 is 17.5. The Balaban J connectivity index is 2.19. The number of carboxylic acid groups (broad SMARTS) is 1. The van der Waals surface area contributed by atoms with Crippen LogP contribution in [0.5, 0.6) is 0 Å². The predicted octanol–water partition coefficient (Wildman–Crippen LogP) is 1.13. The molecule has 0 aliphatic carbocycles. The molecule has 0 radical (unpaired) electrons. The van der Waals surface area contributed by atoms with Crippen LogP contribution in [0.4, 0.5) is 4.39 Å². The maximum atomic E-state index is 12.3. The molecule has 0 spiro atoms. The molecule has 0 fully saturated rings. The Bertz CT molecular complexity index is 410. The number of alkyl halides is 1. The van der Waals surface area contributed by atoms with Crippen molar-refractivity contribution in [2.24, 2.45) is 0 Å². The van der Waals surface area contributed by atoms with E-state index < -0.39 is 24.6 Å². The van der Waals surface area contributed by atoms with Crippen molar-refractivity contribution in [3.8, 4) is 0 Å². The number of amides is 1. The molecule has 0 aromatic heterocycles. The minimum atomic E-state index is -1.48. The number of carboxylic acids is 1. The monoisotopic (exact) mass is 269 g/mol. The zero-order chi connectivity index (χ0) is 14.1. The number of benzene rings is 1. The SMILES string of the molecule is O=C(CCOCc1ccccc1)NC(CF)C(=O)O. The van der Waals surface area contributed by atoms with E-state index >= 15 is 0 Å². The lowest BCUT2D eigenvalue weighted by Gasteiger charge is -2.10. The summed E-state index contributed by atoms with van der Waals surface area (Å²) in [5, 5.41) is 10.6. The van der Waals surface area contributed by atoms with E-state index in [1.54, 1.807) is 0 Å². The fourth-order valence-corrected chi connectivity index (χ4v) is 1.36. The van der Waals surface area contributed by atoms with Crippen LogP contribution in [0.15, 0.2) is 30.3 Å². The molecular formula is C13H16FNO4. The molecule has 1 atom stereocenters. The molecule has 0 heterocycles. The van der Waals surface area contributed by atoms with E-state index in [0.29, 0.717) is 6.61 Å². The molecule has 0 saturated carbocycles. The van der Waals surface area contributed by atoms with Crippen molar-refractivity contribution in [2.75, 3.05) is 13.3 Å². The Morgan fingerprint density at radius 2 is 2.00 bits per heavy atom. The van der Waals surface area contributed by atoms with Crippen LogP contribution in [-0.2, 0) is 20.9 Å². The molecule has 1 aromatic rings. The quantitative estimate of drug-likeness (QED) is 0.694. The van der Waals surface area contributed by atoms with Gasteiger partial charge in [0.1, 0.15) is 6.67 Å². The van der Waals surface area contributed by atoms with Crippen LogP contribution in [0, 0.1) is 0 Å². The zero-order valence-electron chi connectivity index (χ0n) is 10.3. The maximum Gasteiger partial charge on any atom is 0.328 e. The molecule has 0 aliphatic rings. The van der Waals surface area contributed by atoms with E-state index in [-0.39, 0.29) is 13.0 Å². The van der Waals surface area contributed by atoms with Gasteiger partial charge in [0.15, 0.2) is 6.04 Å². The molecule has 19 heavy (non-hydrogen) atoms. The Hall–Kier alpha value is -1.95. The summed E-state index contributed by atoms with van der Waals surface area (Å²) in [4.78, 5) is 21.8. The van der Waals surface area contributed by atoms with E-state index in [1.165, 1.54) is 0 Å². The topological polar surface area (TPSA) is 75.6 Å². The van der Waals surface area contributed by atoms with Crippen LogP contribution in [0.2, 0.25) is 0 Å². The maximum absolute atomic E-state index is 12.3. The zero-order valence-corrected chi connectivity index (χ0v) is 10.3. The van der Waals surface area contributed by atoms with Crippen LogP contribution in [0.25, 0.3) is 0 Å². The number of carbonyl (C=O) groups excluding carboxylic acids is 1. The molecule has 104 valence electrons. The second-order valence-corrected chi connectivity index (χ2v) is 3.90. The molecule has 0 aliphatic heterocycles. The lowest BCUT2D eigenvalue weighted by atomic mass is 10.2. The number of carbonyl (C=O) groups is 2. The van der Waals surface area contributed by atoms with Crippen molar-refractivity contribution in [3.05, 3.63) is 35.9 Å². The van der Waals surface area contributed by atoms with Crippen molar-refractivity contribution >= 4 is 11.9 Å². The highest BCUT2D eigenvalue weighted by molar-refractivity contribution is 5.83. The number of halogens is 1. The van der Waals surface area contributed by atoms with Gasteiger partial charge in [-0.05, 0) is 5.56 Å². The molecule has 6 heteroatoms. The van der Waals surface area contributed by atoms with Gasteiger partial charge in [-0.2, -0.15) is 0 Å². The average Bonchev–Trinajstić information content (AvgIpc) is 2.42. The standard InChI is InChI=1S/C13H16FNO4/c14-8-11(13(17)18)15-12(16)6-7-19-9-10-4-2-1-3-5-10/h1-5,11H,6-9H2,(H,15,16)(H,17,18). The smallest absolute Gasteiger partial charge is 0.328 e. The molecule has 0 bridgehead atoms. The summed E-state index contributed by atoms with van der Waals surface area (Å²) in [5.74, 6) is -1.93. The van der Waals surface area contributed by atoms with Crippen LogP contribution in [0.3, 0.4) is 0 Å². The Morgan fingerprint density at radius 1 is 1.32 bits per heavy atom. The number of rotatable bonds is 8. The Labute approximate surface area is 110 Å². The Morgan fingerprint density at radius 3 is 2.58 bits per heavy atom. The van der Waals surface area contributed by atoms with Crippen molar-refractivity contribution in [2.45, 2.75) is 19.1 Å². The number of aliphatic carboxylic acids is 1. The highest BCUT2D eigenvalue weighted by atomic mass is 19.1. The highest BCUT2D eigenvalue weighted by Crippen LogP contribution is 2.00. The lowest BCUT2D eigenvalue weighted by molar-refractivity contribution is -0.142. The molecule has 1 amide bonds. The van der Waals surface area contributed by atoms with E-state index in [4.69, 9.17) is 9.84 Å². The summed E-state index contributed by atoms with van der Waals surface area (Å²) in [6.07, 6.45) is -0.00336. The van der Waals surface area contributed by atoms with Crippen LogP contribution in [-0.4, -0.2) is 36.3 Å². The van der Waals surface area contributed by atoms with E-state index in [9.17, 15) is 14.0 Å². The summed E-state index contributed by atoms with van der Waals surface area (Å²) in [7, 11) is 0. The molecular weight excluding hydrogens is 253 g/mol. The molecule has 0 saturated heterocycles. The summed E-state index contributed by atoms with van der Waals surface area (Å²) in [6, 6.07) is 7.95. The van der Waals surface area contributed by atoms with Crippen molar-refractivity contribution < 1.29 is 23.8 Å². The number of ether oxygens (including phenoxy) is 1. The Kier molecular flexibility index (Phi) is 6.52. The minimum absolute atomic E-state index is 0.00336. The van der Waals surface area contributed by atoms with Gasteiger partial charge in [-0.15, -0.1) is 0 Å². The predicted molar refractivity (Wildman–Crippen MR) is 66.3 cm³/mol. The molecule has 1 aromatic carbocycles. The number of nitrogens with one attached hydrogen (secondary N) is 1. The first-order chi connectivity index (χ1) is 9.13. The molecule has 1 unspecified atom stereocenters. The third-order valence-electron chi connectivity index (χ3n) is 2.37. The normalized spacial score (nSPS) is 11.8. The van der Waals surface area contributed by atoms with Crippen LogP contribution < -0.4 is 5.32 Å². The van der Waals surface area contributed by atoms with Crippen molar-refractivity contribution in [1.82, 2.24) is 5.32 Å². The number of hydrogen-bond donors (Lipinski definition) is 2. The number of hydrogen-bond acceptors (Lipinski definition) is 3. The van der Waals surface area contributed by atoms with Gasteiger partial charge in [0.2, 0.25) is 5.91 Å². The van der Waals surface area contributed by atoms with E-state index in [0.717, 1.165) is 5.56 Å². The lowest BCUT2D eigenvalue weighted by Crippen LogP contribution is -2.42. The van der Waals surface area contributed by atoms with Crippen LogP contribution >= 0.6 is 0 Å². The highest BCUT2D eigenvalue weighted by Gasteiger charge is 2.19. The average molecular weight is 269 g/mol. The van der Waals surface area contributed by atoms with Gasteiger partial charge in [-0.25, -0.2) is 9.18 Å². The summed E-state index contributed by atoms with van der Waals surface area (Å²) >= 11 is 0. The van der Waals surface area contributed by atoms with Gasteiger partial charge in [0, 0.05) is 6.42 Å². The van der Waals surface area contributed by atoms with Gasteiger partial charge >= 0.3 is 5.97 Å². The van der Waals surface area contributed by atoms with Crippen LogP contribution in [0.1, 0.15) is 12.0 Å². The second kappa shape index (κ2) is 8.20. The fraction of sp³-hybridized carbons (Fsp3) is 0.385. The summed E-state index contributed by atoms with van der Waals surface area (Å²) in [5.41, 5.74) is 0.982. The molecule has 1 rings (SSSR count). The third kappa shape index (κ3) is 5.96. The van der Waals surface area contributed by atoms with Gasteiger partial charge in [0.25, 0.3) is 0 Å². The second-order valence-electron chi connectivity index (χ2n) is 3.90. The largest absolute Gasteiger partial charge is 0.480 e. The first-order valence-electron chi connectivity index (χ1n) is 5.83. The molecule has 2 N–H and O–H groups in total. The summed E-state index contributed by atoms with van der Waals surface area (Å²) in [6.45, 7) is -0.606.